The molecule has 0 spiro atoms. The molecule has 0 fully saturated rings. The summed E-state index contributed by atoms with van der Waals surface area (Å²) < 4.78 is 6.07. The number of hydrogen-bond acceptors (Lipinski definition) is 8. The zero-order chi connectivity index (χ0) is 15.4. The average Bonchev–Trinajstić information content (AvgIpc) is 2.84. The smallest absolute Gasteiger partial charge is 0.325 e. The number of rotatable bonds is 6. The third-order valence-corrected chi connectivity index (χ3v) is 3.25. The molecule has 110 valence electrons. The van der Waals surface area contributed by atoms with E-state index in [2.05, 4.69) is 15.5 Å². The van der Waals surface area contributed by atoms with E-state index < -0.39 is 17.4 Å². The van der Waals surface area contributed by atoms with Crippen LogP contribution in [0.3, 0.4) is 0 Å². The number of nitrogens with zero attached hydrogens (tertiary/aromatic N) is 5. The van der Waals surface area contributed by atoms with Gasteiger partial charge in [-0.2, -0.15) is 0 Å². The number of hydrogen-bond donors (Lipinski definition) is 1. The Morgan fingerprint density at radius 3 is 2.90 bits per heavy atom. The second kappa shape index (κ2) is 6.17. The molecule has 0 bridgehead atoms. The van der Waals surface area contributed by atoms with E-state index in [1.807, 2.05) is 0 Å². The number of nitro benzene ring substituents is 1. The summed E-state index contributed by atoms with van der Waals surface area (Å²) >= 11 is 1.00. The highest BCUT2D eigenvalue weighted by atomic mass is 32.2. The predicted octanol–water partition coefficient (Wildman–Crippen LogP) is 0.826. The summed E-state index contributed by atoms with van der Waals surface area (Å²) in [5.41, 5.74) is -0.144. The van der Waals surface area contributed by atoms with Crippen molar-refractivity contribution in [2.24, 2.45) is 0 Å². The molecule has 0 amide bonds. The molecule has 0 aliphatic heterocycles. The van der Waals surface area contributed by atoms with Crippen LogP contribution in [0.1, 0.15) is 0 Å². The molecule has 1 N–H and O–H groups in total. The Morgan fingerprint density at radius 2 is 2.29 bits per heavy atom. The van der Waals surface area contributed by atoms with Gasteiger partial charge in [0.2, 0.25) is 5.16 Å². The SMILES string of the molecule is COc1cc(Sc2nnnn2CC(=O)O)cc([N+](=O)[O-])c1. The number of tetrazole rings is 1. The summed E-state index contributed by atoms with van der Waals surface area (Å²) in [6, 6.07) is 4.18. The number of non-ortho nitro benzene ring substituents is 1. The van der Waals surface area contributed by atoms with Crippen LogP contribution in [0.4, 0.5) is 5.69 Å². The second-order valence-corrected chi connectivity index (χ2v) is 4.78. The Bertz CT molecular complexity index is 688. The zero-order valence-corrected chi connectivity index (χ0v) is 11.5. The summed E-state index contributed by atoms with van der Waals surface area (Å²) in [4.78, 5) is 21.4. The molecule has 1 aromatic heterocycles. The Balaban J connectivity index is 2.31. The molecule has 0 saturated carbocycles. The largest absolute Gasteiger partial charge is 0.496 e. The second-order valence-electron chi connectivity index (χ2n) is 3.74. The maximum absolute atomic E-state index is 10.9. The molecule has 1 heterocycles. The summed E-state index contributed by atoms with van der Waals surface area (Å²) in [5, 5.41) is 30.4. The van der Waals surface area contributed by atoms with Crippen LogP contribution in [-0.4, -0.2) is 43.3 Å². The van der Waals surface area contributed by atoms with E-state index in [0.717, 1.165) is 16.4 Å². The van der Waals surface area contributed by atoms with Gasteiger partial charge in [-0.25, -0.2) is 4.68 Å². The van der Waals surface area contributed by atoms with Gasteiger partial charge < -0.3 is 9.84 Å². The summed E-state index contributed by atoms with van der Waals surface area (Å²) in [7, 11) is 1.39. The number of ether oxygens (including phenoxy) is 1. The van der Waals surface area contributed by atoms with Crippen molar-refractivity contribution in [2.75, 3.05) is 7.11 Å². The summed E-state index contributed by atoms with van der Waals surface area (Å²) in [6.45, 7) is -0.401. The first kappa shape index (κ1) is 14.7. The molecule has 0 aliphatic carbocycles. The molecule has 0 saturated heterocycles. The number of benzene rings is 1. The fourth-order valence-electron chi connectivity index (χ4n) is 1.44. The normalized spacial score (nSPS) is 10.3. The van der Waals surface area contributed by atoms with E-state index in [1.165, 1.54) is 19.2 Å². The van der Waals surface area contributed by atoms with E-state index in [9.17, 15) is 14.9 Å². The van der Waals surface area contributed by atoms with Gasteiger partial charge in [0, 0.05) is 11.0 Å². The van der Waals surface area contributed by atoms with Gasteiger partial charge in [-0.1, -0.05) is 0 Å². The molecule has 0 unspecified atom stereocenters. The quantitative estimate of drug-likeness (QED) is 0.607. The Kier molecular flexibility index (Phi) is 4.33. The number of aromatic nitrogens is 4. The fourth-order valence-corrected chi connectivity index (χ4v) is 2.29. The first-order valence-corrected chi connectivity index (χ1v) is 6.30. The molecule has 1 aromatic carbocycles. The minimum atomic E-state index is -1.10. The molecule has 2 rings (SSSR count). The molecule has 0 radical (unpaired) electrons. The highest BCUT2D eigenvalue weighted by molar-refractivity contribution is 7.99. The standard InChI is InChI=1S/C10H9N5O5S/c1-20-7-2-6(15(18)19)3-8(4-7)21-10-11-12-13-14(10)5-9(16)17/h2-4H,5H2,1H3,(H,16,17). The maximum atomic E-state index is 10.9. The van der Waals surface area contributed by atoms with Gasteiger partial charge in [-0.3, -0.25) is 14.9 Å². The van der Waals surface area contributed by atoms with Crippen LogP contribution in [0.5, 0.6) is 5.75 Å². The third kappa shape index (κ3) is 3.66. The van der Waals surface area contributed by atoms with Crippen molar-refractivity contribution >= 4 is 23.4 Å². The lowest BCUT2D eigenvalue weighted by atomic mass is 10.3. The zero-order valence-electron chi connectivity index (χ0n) is 10.7. The van der Waals surface area contributed by atoms with Gasteiger partial charge in [0.1, 0.15) is 12.3 Å². The minimum Gasteiger partial charge on any atom is -0.496 e. The van der Waals surface area contributed by atoms with Crippen molar-refractivity contribution in [2.45, 2.75) is 16.6 Å². The van der Waals surface area contributed by atoms with E-state index in [1.54, 1.807) is 6.07 Å². The Hall–Kier alpha value is -2.69. The van der Waals surface area contributed by atoms with E-state index in [0.29, 0.717) is 10.6 Å². The van der Waals surface area contributed by atoms with Crippen LogP contribution >= 0.6 is 11.8 Å². The first-order chi connectivity index (χ1) is 9.99. The summed E-state index contributed by atoms with van der Waals surface area (Å²) in [5.74, 6) is -0.787. The van der Waals surface area contributed by atoms with Crippen LogP contribution in [0.25, 0.3) is 0 Å². The lowest BCUT2D eigenvalue weighted by Crippen LogP contribution is -2.11. The number of carbonyl (C=O) groups is 1. The van der Waals surface area contributed by atoms with Gasteiger partial charge in [0.25, 0.3) is 5.69 Å². The van der Waals surface area contributed by atoms with Crippen molar-refractivity contribution in [3.63, 3.8) is 0 Å². The monoisotopic (exact) mass is 311 g/mol. The predicted molar refractivity (Wildman–Crippen MR) is 69.2 cm³/mol. The van der Waals surface area contributed by atoms with E-state index in [-0.39, 0.29) is 10.8 Å². The first-order valence-electron chi connectivity index (χ1n) is 5.49. The van der Waals surface area contributed by atoms with Crippen LogP contribution in [-0.2, 0) is 11.3 Å². The molecular formula is C10H9N5O5S. The third-order valence-electron chi connectivity index (χ3n) is 2.30. The molecule has 10 nitrogen and oxygen atoms in total. The van der Waals surface area contributed by atoms with Crippen LogP contribution in [0.15, 0.2) is 28.3 Å². The van der Waals surface area contributed by atoms with E-state index >= 15 is 0 Å². The topological polar surface area (TPSA) is 133 Å². The number of carboxylic acid groups (broad SMARTS) is 1. The van der Waals surface area contributed by atoms with Crippen LogP contribution in [0, 0.1) is 10.1 Å². The lowest BCUT2D eigenvalue weighted by molar-refractivity contribution is -0.385. The average molecular weight is 311 g/mol. The van der Waals surface area contributed by atoms with Gasteiger partial charge in [0.05, 0.1) is 18.1 Å². The lowest BCUT2D eigenvalue weighted by Gasteiger charge is -2.04. The summed E-state index contributed by atoms with van der Waals surface area (Å²) in [6.07, 6.45) is 0. The molecular weight excluding hydrogens is 302 g/mol. The number of carboxylic acids is 1. The molecule has 21 heavy (non-hydrogen) atoms. The van der Waals surface area contributed by atoms with Crippen molar-refractivity contribution < 1.29 is 19.6 Å². The maximum Gasteiger partial charge on any atom is 0.325 e. The van der Waals surface area contributed by atoms with Crippen LogP contribution < -0.4 is 4.74 Å². The van der Waals surface area contributed by atoms with Crippen molar-refractivity contribution in [3.8, 4) is 5.75 Å². The number of nitro groups is 1. The van der Waals surface area contributed by atoms with Gasteiger partial charge in [0.15, 0.2) is 0 Å². The fraction of sp³-hybridized carbons (Fsp3) is 0.200. The molecule has 2 aromatic rings. The van der Waals surface area contributed by atoms with Gasteiger partial charge in [-0.15, -0.1) is 5.10 Å². The Morgan fingerprint density at radius 1 is 1.52 bits per heavy atom. The molecule has 0 atom stereocenters. The molecule has 0 aliphatic rings. The van der Waals surface area contributed by atoms with Crippen LogP contribution in [0.2, 0.25) is 0 Å². The number of aliphatic carboxylic acids is 1. The van der Waals surface area contributed by atoms with Crippen molar-refractivity contribution in [3.05, 3.63) is 28.3 Å². The Labute approximate surface area is 121 Å². The number of methoxy groups -OCH3 is 1. The van der Waals surface area contributed by atoms with Crippen molar-refractivity contribution in [1.82, 2.24) is 20.2 Å². The molecule has 11 heteroatoms. The van der Waals surface area contributed by atoms with Gasteiger partial charge in [-0.05, 0) is 28.3 Å². The highest BCUT2D eigenvalue weighted by Gasteiger charge is 2.15. The van der Waals surface area contributed by atoms with E-state index in [4.69, 9.17) is 9.84 Å². The highest BCUT2D eigenvalue weighted by Crippen LogP contribution is 2.32. The van der Waals surface area contributed by atoms with Crippen molar-refractivity contribution in [1.29, 1.82) is 0 Å². The van der Waals surface area contributed by atoms with Gasteiger partial charge >= 0.3 is 5.97 Å². The minimum absolute atomic E-state index is 0.144.